The molecule has 6 heteroatoms. The number of hydrogen-bond acceptors (Lipinski definition) is 3. The molecule has 21 heavy (non-hydrogen) atoms. The second kappa shape index (κ2) is 8.73. The number of carbonyl (C=O) groups is 1. The highest BCUT2D eigenvalue weighted by atomic mass is 79.9. The summed E-state index contributed by atoms with van der Waals surface area (Å²) in [6.45, 7) is 3.33. The molecule has 0 atom stereocenters. The number of ether oxygens (including phenoxy) is 1. The van der Waals surface area contributed by atoms with Gasteiger partial charge in [-0.25, -0.2) is 0 Å². The quantitative estimate of drug-likeness (QED) is 0.752. The number of amides is 1. The summed E-state index contributed by atoms with van der Waals surface area (Å²) in [6.07, 6.45) is 3.31. The summed E-state index contributed by atoms with van der Waals surface area (Å²) in [7, 11) is 0. The maximum Gasteiger partial charge on any atom is 0.252 e. The summed E-state index contributed by atoms with van der Waals surface area (Å²) in [6, 6.07) is 5.25. The Hall–Kier alpha value is -0.620. The molecule has 1 aliphatic heterocycles. The summed E-state index contributed by atoms with van der Waals surface area (Å²) in [5.74, 6) is -0.150. The van der Waals surface area contributed by atoms with Gasteiger partial charge in [-0.15, -0.1) is 0 Å². The highest BCUT2D eigenvalue weighted by Gasteiger charge is 2.13. The van der Waals surface area contributed by atoms with Gasteiger partial charge in [0.1, 0.15) is 0 Å². The van der Waals surface area contributed by atoms with Crippen molar-refractivity contribution in [3.63, 3.8) is 0 Å². The molecule has 1 aromatic rings. The average Bonchev–Trinajstić information content (AvgIpc) is 2.50. The molecule has 2 rings (SSSR count). The summed E-state index contributed by atoms with van der Waals surface area (Å²) in [5.41, 5.74) is 0.491. The molecule has 0 aromatic heterocycles. The van der Waals surface area contributed by atoms with Gasteiger partial charge in [0, 0.05) is 17.6 Å². The van der Waals surface area contributed by atoms with Gasteiger partial charge in [-0.1, -0.05) is 27.5 Å². The van der Waals surface area contributed by atoms with Crippen molar-refractivity contribution in [2.45, 2.75) is 25.4 Å². The minimum Gasteiger partial charge on any atom is -0.378 e. The normalized spacial score (nSPS) is 15.9. The standard InChI is InChI=1S/C15H20BrClN2O2/c16-11-2-3-14(17)13(10-11)15(20)19-6-1-9-21-12-4-7-18-8-5-12/h2-3,10,12,18H,1,4-9H2,(H,19,20). The van der Waals surface area contributed by atoms with Crippen molar-refractivity contribution in [3.05, 3.63) is 33.3 Å². The van der Waals surface area contributed by atoms with Crippen LogP contribution in [0.5, 0.6) is 0 Å². The van der Waals surface area contributed by atoms with Gasteiger partial charge in [-0.2, -0.15) is 0 Å². The Labute approximate surface area is 138 Å². The molecule has 0 unspecified atom stereocenters. The SMILES string of the molecule is O=C(NCCCOC1CCNCC1)c1cc(Br)ccc1Cl. The van der Waals surface area contributed by atoms with E-state index in [2.05, 4.69) is 26.6 Å². The zero-order valence-electron chi connectivity index (χ0n) is 11.8. The van der Waals surface area contributed by atoms with Crippen LogP contribution in [0.1, 0.15) is 29.6 Å². The lowest BCUT2D eigenvalue weighted by Crippen LogP contribution is -2.33. The number of halogens is 2. The fraction of sp³-hybridized carbons (Fsp3) is 0.533. The molecule has 0 saturated carbocycles. The molecular formula is C15H20BrClN2O2. The van der Waals surface area contributed by atoms with Gasteiger partial charge in [0.05, 0.1) is 16.7 Å². The molecular weight excluding hydrogens is 356 g/mol. The first-order chi connectivity index (χ1) is 10.2. The van der Waals surface area contributed by atoms with Gasteiger partial charge in [-0.3, -0.25) is 4.79 Å². The van der Waals surface area contributed by atoms with E-state index in [1.807, 2.05) is 6.07 Å². The zero-order chi connectivity index (χ0) is 15.1. The molecule has 1 aliphatic rings. The molecule has 0 radical (unpaired) electrons. The van der Waals surface area contributed by atoms with Crippen LogP contribution in [0, 0.1) is 0 Å². The second-order valence-corrected chi connectivity index (χ2v) is 6.38. The predicted molar refractivity (Wildman–Crippen MR) is 87.9 cm³/mol. The molecule has 1 aromatic carbocycles. The zero-order valence-corrected chi connectivity index (χ0v) is 14.2. The highest BCUT2D eigenvalue weighted by molar-refractivity contribution is 9.10. The van der Waals surface area contributed by atoms with E-state index >= 15 is 0 Å². The van der Waals surface area contributed by atoms with Crippen LogP contribution in [0.2, 0.25) is 5.02 Å². The Balaban J connectivity index is 1.66. The van der Waals surface area contributed by atoms with E-state index in [-0.39, 0.29) is 5.91 Å². The van der Waals surface area contributed by atoms with E-state index in [0.29, 0.717) is 29.8 Å². The van der Waals surface area contributed by atoms with E-state index in [1.165, 1.54) is 0 Å². The van der Waals surface area contributed by atoms with Crippen molar-refractivity contribution in [1.82, 2.24) is 10.6 Å². The van der Waals surface area contributed by atoms with E-state index in [1.54, 1.807) is 12.1 Å². The molecule has 0 spiro atoms. The van der Waals surface area contributed by atoms with Crippen molar-refractivity contribution in [3.8, 4) is 0 Å². The Morgan fingerprint density at radius 2 is 2.19 bits per heavy atom. The number of piperidine rings is 1. The van der Waals surface area contributed by atoms with E-state index in [9.17, 15) is 4.79 Å². The lowest BCUT2D eigenvalue weighted by molar-refractivity contribution is 0.0318. The third-order valence-corrected chi connectivity index (χ3v) is 4.24. The molecule has 2 N–H and O–H groups in total. The van der Waals surface area contributed by atoms with Gasteiger partial charge in [0.25, 0.3) is 5.91 Å². The van der Waals surface area contributed by atoms with Gasteiger partial charge in [0.2, 0.25) is 0 Å². The molecule has 1 heterocycles. The smallest absolute Gasteiger partial charge is 0.252 e. The Kier molecular flexibility index (Phi) is 6.96. The van der Waals surface area contributed by atoms with Crippen LogP contribution in [-0.2, 0) is 4.74 Å². The molecule has 1 saturated heterocycles. The van der Waals surface area contributed by atoms with Crippen LogP contribution in [0.15, 0.2) is 22.7 Å². The van der Waals surface area contributed by atoms with Gasteiger partial charge in [0.15, 0.2) is 0 Å². The number of benzene rings is 1. The van der Waals surface area contributed by atoms with Crippen LogP contribution in [0.3, 0.4) is 0 Å². The van der Waals surface area contributed by atoms with Crippen molar-refractivity contribution >= 4 is 33.4 Å². The molecule has 1 fully saturated rings. The summed E-state index contributed by atoms with van der Waals surface area (Å²) in [4.78, 5) is 12.0. The first kappa shape index (κ1) is 16.7. The minimum atomic E-state index is -0.150. The molecule has 116 valence electrons. The second-order valence-electron chi connectivity index (χ2n) is 5.05. The Morgan fingerprint density at radius 3 is 2.95 bits per heavy atom. The molecule has 4 nitrogen and oxygen atoms in total. The topological polar surface area (TPSA) is 50.4 Å². The monoisotopic (exact) mass is 374 g/mol. The minimum absolute atomic E-state index is 0.150. The van der Waals surface area contributed by atoms with Gasteiger partial charge < -0.3 is 15.4 Å². The summed E-state index contributed by atoms with van der Waals surface area (Å²) in [5, 5.41) is 6.63. The van der Waals surface area contributed by atoms with Crippen LogP contribution in [0.25, 0.3) is 0 Å². The molecule has 1 amide bonds. The summed E-state index contributed by atoms with van der Waals surface area (Å²) < 4.78 is 6.63. The number of nitrogens with one attached hydrogen (secondary N) is 2. The predicted octanol–water partition coefficient (Wildman–Crippen LogP) is 2.99. The number of hydrogen-bond donors (Lipinski definition) is 2. The van der Waals surface area contributed by atoms with Crippen molar-refractivity contribution in [2.24, 2.45) is 0 Å². The van der Waals surface area contributed by atoms with Crippen LogP contribution >= 0.6 is 27.5 Å². The van der Waals surface area contributed by atoms with Crippen molar-refractivity contribution in [2.75, 3.05) is 26.2 Å². The molecule has 0 bridgehead atoms. The third-order valence-electron chi connectivity index (χ3n) is 3.42. The van der Waals surface area contributed by atoms with E-state index in [0.717, 1.165) is 36.8 Å². The van der Waals surface area contributed by atoms with Crippen LogP contribution in [0.4, 0.5) is 0 Å². The first-order valence-electron chi connectivity index (χ1n) is 7.22. The lowest BCUT2D eigenvalue weighted by atomic mass is 10.1. The van der Waals surface area contributed by atoms with Crippen molar-refractivity contribution in [1.29, 1.82) is 0 Å². The molecule has 0 aliphatic carbocycles. The average molecular weight is 376 g/mol. The lowest BCUT2D eigenvalue weighted by Gasteiger charge is -2.22. The highest BCUT2D eigenvalue weighted by Crippen LogP contribution is 2.20. The van der Waals surface area contributed by atoms with E-state index < -0.39 is 0 Å². The number of rotatable bonds is 6. The maximum absolute atomic E-state index is 12.0. The maximum atomic E-state index is 12.0. The first-order valence-corrected chi connectivity index (χ1v) is 8.39. The number of carbonyl (C=O) groups excluding carboxylic acids is 1. The van der Waals surface area contributed by atoms with Crippen molar-refractivity contribution < 1.29 is 9.53 Å². The van der Waals surface area contributed by atoms with Crippen LogP contribution in [-0.4, -0.2) is 38.3 Å². The Morgan fingerprint density at radius 1 is 1.43 bits per heavy atom. The van der Waals surface area contributed by atoms with Gasteiger partial charge >= 0.3 is 0 Å². The largest absolute Gasteiger partial charge is 0.378 e. The fourth-order valence-electron chi connectivity index (χ4n) is 2.25. The summed E-state index contributed by atoms with van der Waals surface area (Å²) >= 11 is 9.36. The van der Waals surface area contributed by atoms with Gasteiger partial charge in [-0.05, 0) is 50.6 Å². The Bertz CT molecular complexity index is 479. The fourth-order valence-corrected chi connectivity index (χ4v) is 2.82. The third kappa shape index (κ3) is 5.58. The van der Waals surface area contributed by atoms with E-state index in [4.69, 9.17) is 16.3 Å². The van der Waals surface area contributed by atoms with Crippen LogP contribution < -0.4 is 10.6 Å².